The van der Waals surface area contributed by atoms with Gasteiger partial charge in [0.15, 0.2) is 5.43 Å². The third-order valence-electron chi connectivity index (χ3n) is 5.71. The summed E-state index contributed by atoms with van der Waals surface area (Å²) in [6.45, 7) is 4.68. The van der Waals surface area contributed by atoms with E-state index in [0.29, 0.717) is 29.0 Å². The van der Waals surface area contributed by atoms with Gasteiger partial charge in [0, 0.05) is 46.3 Å². The normalized spacial score (nSPS) is 11.3. The monoisotopic (exact) mass is 459 g/mol. The molecule has 2 aromatic rings. The number of aromatic hydroxyl groups is 1. The van der Waals surface area contributed by atoms with E-state index >= 15 is 0 Å². The molecule has 0 bridgehead atoms. The van der Waals surface area contributed by atoms with E-state index in [2.05, 4.69) is 19.2 Å². The van der Waals surface area contributed by atoms with Crippen molar-refractivity contribution >= 4 is 22.8 Å². The predicted molar refractivity (Wildman–Crippen MR) is 130 cm³/mol. The number of carboxylic acids is 1. The summed E-state index contributed by atoms with van der Waals surface area (Å²) in [5.41, 5.74) is 1.29. The number of carbonyl (C=O) groups is 2. The van der Waals surface area contributed by atoms with Crippen LogP contribution >= 0.6 is 0 Å². The summed E-state index contributed by atoms with van der Waals surface area (Å²) in [5.74, 6) is -0.886. The van der Waals surface area contributed by atoms with Crippen molar-refractivity contribution in [3.8, 4) is 28.2 Å². The molecule has 1 aliphatic heterocycles. The minimum Gasteiger partial charge on any atom is -0.508 e. The van der Waals surface area contributed by atoms with Gasteiger partial charge >= 0.3 is 5.97 Å². The minimum absolute atomic E-state index is 0.0468. The molecule has 0 atom stereocenters. The summed E-state index contributed by atoms with van der Waals surface area (Å²) >= 11 is 0. The maximum atomic E-state index is 13.2. The number of rotatable bonds is 7. The number of nitrogens with one attached hydrogen (secondary N) is 1. The van der Waals surface area contributed by atoms with Crippen LogP contribution < -0.4 is 10.7 Å². The molecule has 2 aliphatic rings. The maximum absolute atomic E-state index is 13.2. The van der Waals surface area contributed by atoms with E-state index in [0.717, 1.165) is 12.8 Å². The number of fused-ring (bicyclic) bond motifs is 2. The highest BCUT2D eigenvalue weighted by Gasteiger charge is 2.26. The molecule has 1 amide bonds. The number of carboxylic acid groups (broad SMARTS) is 1. The fourth-order valence-electron chi connectivity index (χ4n) is 4.13. The van der Waals surface area contributed by atoms with Crippen molar-refractivity contribution in [1.29, 1.82) is 0 Å². The molecular formula is C27H25NO6. The van der Waals surface area contributed by atoms with Crippen molar-refractivity contribution < 1.29 is 24.2 Å². The number of hydrogen-bond donors (Lipinski definition) is 3. The zero-order valence-electron chi connectivity index (χ0n) is 18.9. The molecule has 0 fully saturated rings. The molecule has 0 unspecified atom stereocenters. The van der Waals surface area contributed by atoms with Gasteiger partial charge in [0.25, 0.3) is 5.91 Å². The molecule has 7 heteroatoms. The first-order chi connectivity index (χ1) is 16.3. The number of aromatic carboxylic acids is 1. The van der Waals surface area contributed by atoms with Crippen LogP contribution in [0.25, 0.3) is 33.4 Å². The highest BCUT2D eigenvalue weighted by Crippen LogP contribution is 2.43. The van der Waals surface area contributed by atoms with Gasteiger partial charge in [-0.05, 0) is 55.2 Å². The molecule has 0 saturated carbocycles. The van der Waals surface area contributed by atoms with Gasteiger partial charge < -0.3 is 19.9 Å². The van der Waals surface area contributed by atoms with Gasteiger partial charge in [-0.15, -0.1) is 0 Å². The van der Waals surface area contributed by atoms with Crippen LogP contribution in [0.15, 0.2) is 63.8 Å². The molecule has 1 aliphatic carbocycles. The first-order valence-electron chi connectivity index (χ1n) is 11.1. The topological polar surface area (TPSA) is 117 Å². The summed E-state index contributed by atoms with van der Waals surface area (Å²) in [4.78, 5) is 37.5. The van der Waals surface area contributed by atoms with Gasteiger partial charge in [-0.25, -0.2) is 4.79 Å². The Hall–Kier alpha value is -4.13. The third-order valence-corrected chi connectivity index (χ3v) is 5.71. The maximum Gasteiger partial charge on any atom is 0.336 e. The molecule has 7 nitrogen and oxygen atoms in total. The number of benzene rings is 3. The molecule has 0 spiro atoms. The molecule has 0 aromatic heterocycles. The number of hydrogen-bond acceptors (Lipinski definition) is 5. The van der Waals surface area contributed by atoms with E-state index in [-0.39, 0.29) is 45.1 Å². The summed E-state index contributed by atoms with van der Waals surface area (Å²) in [6, 6.07) is 13.3. The summed E-state index contributed by atoms with van der Waals surface area (Å²) in [6.07, 6.45) is 1.76. The lowest BCUT2D eigenvalue weighted by Crippen LogP contribution is -2.26. The Bertz CT molecular complexity index is 1420. The lowest BCUT2D eigenvalue weighted by atomic mass is 9.87. The lowest BCUT2D eigenvalue weighted by Gasteiger charge is -2.19. The zero-order valence-corrected chi connectivity index (χ0v) is 18.9. The van der Waals surface area contributed by atoms with Crippen LogP contribution in [0.3, 0.4) is 0 Å². The van der Waals surface area contributed by atoms with Crippen LogP contribution in [0.2, 0.25) is 0 Å². The van der Waals surface area contributed by atoms with Gasteiger partial charge in [-0.2, -0.15) is 0 Å². The molecular weight excluding hydrogens is 434 g/mol. The van der Waals surface area contributed by atoms with Crippen molar-refractivity contribution in [3.63, 3.8) is 0 Å². The second-order valence-corrected chi connectivity index (χ2v) is 8.64. The molecule has 1 heterocycles. The van der Waals surface area contributed by atoms with Gasteiger partial charge in [0.1, 0.15) is 17.1 Å². The van der Waals surface area contributed by atoms with Crippen molar-refractivity contribution in [2.45, 2.75) is 26.7 Å². The van der Waals surface area contributed by atoms with Crippen LogP contribution in [-0.2, 0) is 0 Å². The van der Waals surface area contributed by atoms with Crippen molar-refractivity contribution in [3.05, 3.63) is 75.9 Å². The van der Waals surface area contributed by atoms with E-state index in [9.17, 15) is 24.6 Å². The van der Waals surface area contributed by atoms with Crippen molar-refractivity contribution in [2.75, 3.05) is 6.54 Å². The van der Waals surface area contributed by atoms with E-state index in [1.54, 1.807) is 18.2 Å². The molecule has 34 heavy (non-hydrogen) atoms. The Morgan fingerprint density at radius 2 is 1.76 bits per heavy atom. The quantitative estimate of drug-likeness (QED) is 0.260. The summed E-state index contributed by atoms with van der Waals surface area (Å²) in [5, 5.41) is 23.4. The predicted octanol–water partition coefficient (Wildman–Crippen LogP) is 5.13. The standard InChI is InChI=1S/C27H25NO6/c1-15(2)5-4-12-28-26(31)20-6-3-7-21(27(32)33)25(20)24-18-10-8-16(29)13-22(18)34-23-14-17(30)9-11-19(23)24/h3,6-11,13-15,29H,4-5,12H2,1-2H3,(H,28,31)(H,32,33). The largest absolute Gasteiger partial charge is 0.508 e. The number of phenols is 1. The van der Waals surface area contributed by atoms with E-state index in [1.165, 1.54) is 36.4 Å². The molecule has 0 radical (unpaired) electrons. The second kappa shape index (κ2) is 9.39. The molecule has 0 saturated heterocycles. The highest BCUT2D eigenvalue weighted by atomic mass is 16.4. The Balaban J connectivity index is 1.98. The fourth-order valence-corrected chi connectivity index (χ4v) is 4.13. The fraction of sp³-hybridized carbons (Fsp3) is 0.222. The van der Waals surface area contributed by atoms with Crippen LogP contribution in [0, 0.1) is 5.92 Å². The van der Waals surface area contributed by atoms with Gasteiger partial charge in [-0.3, -0.25) is 9.59 Å². The smallest absolute Gasteiger partial charge is 0.336 e. The van der Waals surface area contributed by atoms with Crippen LogP contribution in [0.5, 0.6) is 5.75 Å². The lowest BCUT2D eigenvalue weighted by molar-refractivity contribution is 0.0697. The minimum atomic E-state index is -1.19. The first-order valence-corrected chi connectivity index (χ1v) is 11.1. The van der Waals surface area contributed by atoms with Crippen LogP contribution in [0.4, 0.5) is 0 Å². The van der Waals surface area contributed by atoms with Gasteiger partial charge in [0.2, 0.25) is 0 Å². The second-order valence-electron chi connectivity index (χ2n) is 8.64. The number of phenolic OH excluding ortho intramolecular Hbond substituents is 1. The Kier molecular flexibility index (Phi) is 6.36. The van der Waals surface area contributed by atoms with E-state index in [1.807, 2.05) is 0 Å². The highest BCUT2D eigenvalue weighted by molar-refractivity contribution is 6.14. The molecule has 3 N–H and O–H groups in total. The van der Waals surface area contributed by atoms with E-state index < -0.39 is 5.97 Å². The Morgan fingerprint density at radius 3 is 2.50 bits per heavy atom. The zero-order chi connectivity index (χ0) is 24.4. The Labute approximate surface area is 196 Å². The molecule has 174 valence electrons. The van der Waals surface area contributed by atoms with Gasteiger partial charge in [-0.1, -0.05) is 19.9 Å². The molecule has 4 rings (SSSR count). The average molecular weight is 459 g/mol. The number of amides is 1. The van der Waals surface area contributed by atoms with Crippen molar-refractivity contribution in [1.82, 2.24) is 5.32 Å². The summed E-state index contributed by atoms with van der Waals surface area (Å²) in [7, 11) is 0. The average Bonchev–Trinajstić information content (AvgIpc) is 2.79. The summed E-state index contributed by atoms with van der Waals surface area (Å²) < 4.78 is 5.86. The van der Waals surface area contributed by atoms with E-state index in [4.69, 9.17) is 4.42 Å². The molecule has 2 aromatic carbocycles. The van der Waals surface area contributed by atoms with Crippen LogP contribution in [-0.4, -0.2) is 28.6 Å². The SMILES string of the molecule is CC(C)CCCNC(=O)c1cccc(C(=O)O)c1-c1c2ccc(=O)cc-2oc2cc(O)ccc12. The first kappa shape index (κ1) is 23.0. The Morgan fingerprint density at radius 1 is 1.00 bits per heavy atom. The third kappa shape index (κ3) is 4.50. The van der Waals surface area contributed by atoms with Crippen LogP contribution in [0.1, 0.15) is 47.4 Å². The number of carbonyl (C=O) groups excluding carboxylic acids is 1. The van der Waals surface area contributed by atoms with Gasteiger partial charge in [0.05, 0.1) is 5.56 Å². The van der Waals surface area contributed by atoms with Crippen molar-refractivity contribution in [2.24, 2.45) is 5.92 Å².